The lowest BCUT2D eigenvalue weighted by molar-refractivity contribution is -0.141. The molecule has 2 amide bonds. The number of rotatable bonds is 5. The molecule has 1 saturated heterocycles. The molecule has 0 bridgehead atoms. The minimum absolute atomic E-state index is 0.0354. The van der Waals surface area contributed by atoms with Crippen LogP contribution in [0.1, 0.15) is 16.8 Å². The molecule has 1 atom stereocenters. The van der Waals surface area contributed by atoms with Crippen LogP contribution in [0.5, 0.6) is 0 Å². The Morgan fingerprint density at radius 2 is 2.10 bits per heavy atom. The van der Waals surface area contributed by atoms with Gasteiger partial charge in [0.25, 0.3) is 5.91 Å². The van der Waals surface area contributed by atoms with E-state index in [0.717, 1.165) is 0 Å². The highest BCUT2D eigenvalue weighted by Gasteiger charge is 2.33. The fourth-order valence-corrected chi connectivity index (χ4v) is 2.06. The third kappa shape index (κ3) is 3.31. The predicted molar refractivity (Wildman–Crippen MR) is 68.9 cm³/mol. The van der Waals surface area contributed by atoms with Gasteiger partial charge in [-0.2, -0.15) is 0 Å². The van der Waals surface area contributed by atoms with Gasteiger partial charge in [0.15, 0.2) is 0 Å². The Bertz CT molecular complexity index is 518. The average Bonchev–Trinajstić information content (AvgIpc) is 2.81. The summed E-state index contributed by atoms with van der Waals surface area (Å²) < 4.78 is 0. The van der Waals surface area contributed by atoms with E-state index in [1.807, 2.05) is 0 Å². The zero-order chi connectivity index (χ0) is 14.5. The second kappa shape index (κ2) is 6.14. The summed E-state index contributed by atoms with van der Waals surface area (Å²) in [5.74, 6) is -2.02. The summed E-state index contributed by atoms with van der Waals surface area (Å²) in [6, 6.07) is 3.19. The third-order valence-corrected chi connectivity index (χ3v) is 3.17. The summed E-state index contributed by atoms with van der Waals surface area (Å²) >= 11 is 0. The highest BCUT2D eigenvalue weighted by molar-refractivity contribution is 5.94. The predicted octanol–water partition coefficient (Wildman–Crippen LogP) is -0.255. The van der Waals surface area contributed by atoms with Crippen molar-refractivity contribution in [3.63, 3.8) is 0 Å². The minimum Gasteiger partial charge on any atom is -0.481 e. The molecule has 20 heavy (non-hydrogen) atoms. The van der Waals surface area contributed by atoms with Crippen molar-refractivity contribution in [1.29, 1.82) is 0 Å². The molecule has 1 fully saturated rings. The quantitative estimate of drug-likeness (QED) is 0.772. The fraction of sp³-hybridized carbons (Fsp3) is 0.385. The molecule has 1 aliphatic rings. The number of nitrogens with zero attached hydrogens (tertiary/aromatic N) is 2. The van der Waals surface area contributed by atoms with E-state index in [1.54, 1.807) is 12.1 Å². The highest BCUT2D eigenvalue weighted by atomic mass is 16.4. The van der Waals surface area contributed by atoms with Crippen molar-refractivity contribution in [3.05, 3.63) is 30.1 Å². The molecule has 2 heterocycles. The molecule has 7 nitrogen and oxygen atoms in total. The van der Waals surface area contributed by atoms with E-state index in [1.165, 1.54) is 17.3 Å². The molecule has 0 radical (unpaired) electrons. The van der Waals surface area contributed by atoms with Gasteiger partial charge in [0.05, 0.1) is 5.92 Å². The van der Waals surface area contributed by atoms with Gasteiger partial charge in [0.2, 0.25) is 5.91 Å². The van der Waals surface area contributed by atoms with E-state index in [9.17, 15) is 14.4 Å². The molecule has 1 aromatic rings. The number of hydrogen-bond donors (Lipinski definition) is 2. The summed E-state index contributed by atoms with van der Waals surface area (Å²) in [6.07, 6.45) is 3.08. The summed E-state index contributed by atoms with van der Waals surface area (Å²) in [6.45, 7) is 0.817. The number of likely N-dealkylation sites (tertiary alicyclic amines) is 1. The number of hydrogen-bond acceptors (Lipinski definition) is 4. The largest absolute Gasteiger partial charge is 0.481 e. The molecule has 1 aliphatic heterocycles. The number of aliphatic carboxylic acids is 1. The molecule has 0 aliphatic carbocycles. The second-order valence-corrected chi connectivity index (χ2v) is 4.57. The van der Waals surface area contributed by atoms with Crippen LogP contribution < -0.4 is 5.32 Å². The highest BCUT2D eigenvalue weighted by Crippen LogP contribution is 2.17. The maximum absolute atomic E-state index is 11.7. The molecule has 2 N–H and O–H groups in total. The van der Waals surface area contributed by atoms with E-state index in [0.29, 0.717) is 18.7 Å². The Morgan fingerprint density at radius 1 is 1.40 bits per heavy atom. The van der Waals surface area contributed by atoms with Gasteiger partial charge in [-0.3, -0.25) is 19.4 Å². The first-order chi connectivity index (χ1) is 9.58. The molecule has 0 saturated carbocycles. The molecule has 7 heteroatoms. The van der Waals surface area contributed by atoms with Crippen molar-refractivity contribution in [1.82, 2.24) is 15.2 Å². The standard InChI is InChI=1S/C13H15N3O4/c17-11-7-10(13(19)20)8-16(11)6-5-15-12(18)9-1-3-14-4-2-9/h1-4,10H,5-8H2,(H,15,18)(H,19,20)/t10-/m1/s1. The van der Waals surface area contributed by atoms with Gasteiger partial charge in [-0.25, -0.2) is 0 Å². The number of aromatic nitrogens is 1. The number of pyridine rings is 1. The van der Waals surface area contributed by atoms with Crippen LogP contribution in [0.25, 0.3) is 0 Å². The van der Waals surface area contributed by atoms with Crippen molar-refractivity contribution in [2.45, 2.75) is 6.42 Å². The number of carbonyl (C=O) groups is 3. The van der Waals surface area contributed by atoms with Gasteiger partial charge in [0, 0.05) is 44.0 Å². The zero-order valence-corrected chi connectivity index (χ0v) is 10.8. The molecule has 106 valence electrons. The summed E-state index contributed by atoms with van der Waals surface area (Å²) in [4.78, 5) is 39.4. The van der Waals surface area contributed by atoms with Crippen LogP contribution in [0.3, 0.4) is 0 Å². The molecule has 2 rings (SSSR count). The normalized spacial score (nSPS) is 18.1. The fourth-order valence-electron chi connectivity index (χ4n) is 2.06. The van der Waals surface area contributed by atoms with Crippen molar-refractivity contribution in [2.75, 3.05) is 19.6 Å². The number of carboxylic acids is 1. The first kappa shape index (κ1) is 14.0. The average molecular weight is 277 g/mol. The number of nitrogens with one attached hydrogen (secondary N) is 1. The Labute approximate surface area is 115 Å². The molecular formula is C13H15N3O4. The number of amides is 2. The molecule has 0 spiro atoms. The van der Waals surface area contributed by atoms with Crippen LogP contribution in [-0.2, 0) is 9.59 Å². The van der Waals surface area contributed by atoms with Crippen LogP contribution in [0.15, 0.2) is 24.5 Å². The Hall–Kier alpha value is -2.44. The smallest absolute Gasteiger partial charge is 0.308 e. The second-order valence-electron chi connectivity index (χ2n) is 4.57. The van der Waals surface area contributed by atoms with Crippen LogP contribution in [0.2, 0.25) is 0 Å². The third-order valence-electron chi connectivity index (χ3n) is 3.17. The van der Waals surface area contributed by atoms with Crippen molar-refractivity contribution < 1.29 is 19.5 Å². The van der Waals surface area contributed by atoms with E-state index in [-0.39, 0.29) is 24.8 Å². The van der Waals surface area contributed by atoms with E-state index in [4.69, 9.17) is 5.11 Å². The summed E-state index contributed by atoms with van der Waals surface area (Å²) in [7, 11) is 0. The van der Waals surface area contributed by atoms with Gasteiger partial charge >= 0.3 is 5.97 Å². The van der Waals surface area contributed by atoms with E-state index in [2.05, 4.69) is 10.3 Å². The maximum atomic E-state index is 11.7. The van der Waals surface area contributed by atoms with Gasteiger partial charge in [-0.05, 0) is 12.1 Å². The molecule has 1 aromatic heterocycles. The van der Waals surface area contributed by atoms with Crippen LogP contribution in [0.4, 0.5) is 0 Å². The Morgan fingerprint density at radius 3 is 2.70 bits per heavy atom. The van der Waals surface area contributed by atoms with Crippen molar-refractivity contribution >= 4 is 17.8 Å². The van der Waals surface area contributed by atoms with Gasteiger partial charge in [0.1, 0.15) is 0 Å². The van der Waals surface area contributed by atoms with Gasteiger partial charge in [-0.15, -0.1) is 0 Å². The first-order valence-corrected chi connectivity index (χ1v) is 6.26. The van der Waals surface area contributed by atoms with Crippen molar-refractivity contribution in [3.8, 4) is 0 Å². The molecule has 0 unspecified atom stereocenters. The zero-order valence-electron chi connectivity index (χ0n) is 10.8. The van der Waals surface area contributed by atoms with E-state index >= 15 is 0 Å². The maximum Gasteiger partial charge on any atom is 0.308 e. The summed E-state index contributed by atoms with van der Waals surface area (Å²) in [5.41, 5.74) is 0.496. The Balaban J connectivity index is 1.78. The number of carboxylic acid groups (broad SMARTS) is 1. The lowest BCUT2D eigenvalue weighted by Crippen LogP contribution is -2.36. The van der Waals surface area contributed by atoms with Crippen LogP contribution >= 0.6 is 0 Å². The minimum atomic E-state index is -0.957. The first-order valence-electron chi connectivity index (χ1n) is 6.26. The topological polar surface area (TPSA) is 99.6 Å². The monoisotopic (exact) mass is 277 g/mol. The SMILES string of the molecule is O=C(NCCN1C[C@H](C(=O)O)CC1=O)c1ccncc1. The molecule has 0 aromatic carbocycles. The lowest BCUT2D eigenvalue weighted by atomic mass is 10.1. The van der Waals surface area contributed by atoms with Crippen molar-refractivity contribution in [2.24, 2.45) is 5.92 Å². The van der Waals surface area contributed by atoms with Crippen LogP contribution in [-0.4, -0.2) is 52.4 Å². The Kier molecular flexibility index (Phi) is 4.29. The van der Waals surface area contributed by atoms with Crippen LogP contribution in [0, 0.1) is 5.92 Å². The molecular weight excluding hydrogens is 262 g/mol. The number of carbonyl (C=O) groups excluding carboxylic acids is 2. The van der Waals surface area contributed by atoms with Gasteiger partial charge in [-0.1, -0.05) is 0 Å². The van der Waals surface area contributed by atoms with E-state index < -0.39 is 11.9 Å². The summed E-state index contributed by atoms with van der Waals surface area (Å²) in [5, 5.41) is 11.5. The van der Waals surface area contributed by atoms with Gasteiger partial charge < -0.3 is 15.3 Å². The lowest BCUT2D eigenvalue weighted by Gasteiger charge is -2.16.